The van der Waals surface area contributed by atoms with Gasteiger partial charge in [0, 0.05) is 24.1 Å². The first-order valence-corrected chi connectivity index (χ1v) is 8.17. The Morgan fingerprint density at radius 1 is 1.45 bits per heavy atom. The third-order valence-electron chi connectivity index (χ3n) is 3.97. The molecule has 0 atom stereocenters. The van der Waals surface area contributed by atoms with Gasteiger partial charge in [-0.25, -0.2) is 4.98 Å². The number of hydrogen-bond donors (Lipinski definition) is 0. The quantitative estimate of drug-likeness (QED) is 0.729. The van der Waals surface area contributed by atoms with Crippen molar-refractivity contribution in [3.63, 3.8) is 0 Å². The highest BCUT2D eigenvalue weighted by molar-refractivity contribution is 7.18. The molecular weight excluding hydrogens is 298 g/mol. The monoisotopic (exact) mass is 313 g/mol. The number of carbonyl (C=O) groups excluding carboxylic acids is 1. The molecule has 1 aliphatic rings. The van der Waals surface area contributed by atoms with Crippen LogP contribution in [-0.4, -0.2) is 27.5 Å². The first-order chi connectivity index (χ1) is 10.7. The zero-order chi connectivity index (χ0) is 15.1. The lowest BCUT2D eigenvalue weighted by Gasteiger charge is -2.25. The molecule has 0 saturated heterocycles. The van der Waals surface area contributed by atoms with Crippen LogP contribution < -0.4 is 0 Å². The number of carbonyl (C=O) groups is 1. The molecule has 0 N–H and O–H groups in total. The lowest BCUT2D eigenvalue weighted by Crippen LogP contribution is -2.35. The van der Waals surface area contributed by atoms with Crippen molar-refractivity contribution in [3.05, 3.63) is 46.3 Å². The van der Waals surface area contributed by atoms with E-state index >= 15 is 0 Å². The van der Waals surface area contributed by atoms with E-state index in [2.05, 4.69) is 17.1 Å². The number of benzene rings is 1. The summed E-state index contributed by atoms with van der Waals surface area (Å²) in [4.78, 5) is 19.1. The van der Waals surface area contributed by atoms with Crippen LogP contribution in [0.15, 0.2) is 28.9 Å². The van der Waals surface area contributed by atoms with Gasteiger partial charge in [-0.1, -0.05) is 12.1 Å². The van der Waals surface area contributed by atoms with Gasteiger partial charge in [-0.2, -0.15) is 0 Å². The van der Waals surface area contributed by atoms with Crippen molar-refractivity contribution < 1.29 is 9.32 Å². The number of rotatable bonds is 2. The molecule has 3 aromatic rings. The maximum Gasteiger partial charge on any atom is 0.254 e. The summed E-state index contributed by atoms with van der Waals surface area (Å²) in [6, 6.07) is 5.76. The highest BCUT2D eigenvalue weighted by atomic mass is 32.1. The summed E-state index contributed by atoms with van der Waals surface area (Å²) in [6.45, 7) is 3.33. The second-order valence-electron chi connectivity index (χ2n) is 5.39. The topological polar surface area (TPSA) is 59.2 Å². The molecule has 0 unspecified atom stereocenters. The highest BCUT2D eigenvalue weighted by Gasteiger charge is 2.24. The number of hydrogen-bond acceptors (Lipinski definition) is 5. The molecule has 3 heterocycles. The van der Waals surface area contributed by atoms with Crippen LogP contribution in [0.25, 0.3) is 10.2 Å². The SMILES string of the molecule is CCc1nc2ccc(C(=O)N3CCc4oncc4C3)cc2s1. The molecule has 6 heteroatoms. The summed E-state index contributed by atoms with van der Waals surface area (Å²) in [5, 5.41) is 4.91. The molecule has 0 bridgehead atoms. The van der Waals surface area contributed by atoms with Crippen molar-refractivity contribution in [1.82, 2.24) is 15.0 Å². The summed E-state index contributed by atoms with van der Waals surface area (Å²) in [5.41, 5.74) is 2.70. The summed E-state index contributed by atoms with van der Waals surface area (Å²) in [5.74, 6) is 0.953. The second kappa shape index (κ2) is 5.21. The molecule has 1 aliphatic heterocycles. The van der Waals surface area contributed by atoms with Crippen molar-refractivity contribution in [2.45, 2.75) is 26.3 Å². The molecule has 0 aliphatic carbocycles. The summed E-state index contributed by atoms with van der Waals surface area (Å²) in [6.07, 6.45) is 3.35. The fraction of sp³-hybridized carbons (Fsp3) is 0.312. The molecule has 0 radical (unpaired) electrons. The van der Waals surface area contributed by atoms with Crippen molar-refractivity contribution in [1.29, 1.82) is 0 Å². The third kappa shape index (κ3) is 2.20. The molecule has 1 amide bonds. The van der Waals surface area contributed by atoms with Crippen LogP contribution in [-0.2, 0) is 19.4 Å². The number of aryl methyl sites for hydroxylation is 1. The largest absolute Gasteiger partial charge is 0.361 e. The average Bonchev–Trinajstić information content (AvgIpc) is 3.18. The van der Waals surface area contributed by atoms with Crippen molar-refractivity contribution >= 4 is 27.5 Å². The Morgan fingerprint density at radius 3 is 3.23 bits per heavy atom. The van der Waals surface area contributed by atoms with E-state index in [1.54, 1.807) is 17.5 Å². The van der Waals surface area contributed by atoms with Gasteiger partial charge in [0.05, 0.1) is 28.0 Å². The summed E-state index contributed by atoms with van der Waals surface area (Å²) < 4.78 is 6.24. The van der Waals surface area contributed by atoms with Gasteiger partial charge in [0.2, 0.25) is 0 Å². The van der Waals surface area contributed by atoms with Gasteiger partial charge in [0.15, 0.2) is 0 Å². The molecule has 0 fully saturated rings. The minimum absolute atomic E-state index is 0.0557. The van der Waals surface area contributed by atoms with Gasteiger partial charge >= 0.3 is 0 Å². The average molecular weight is 313 g/mol. The van der Waals surface area contributed by atoms with Crippen LogP contribution in [0, 0.1) is 0 Å². The standard InChI is InChI=1S/C16H15N3O2S/c1-2-15-18-12-4-3-10(7-14(12)22-15)16(20)19-6-5-13-11(9-19)8-17-21-13/h3-4,7-8H,2,5-6,9H2,1H3. The number of fused-ring (bicyclic) bond motifs is 2. The van der Waals surface area contributed by atoms with E-state index < -0.39 is 0 Å². The first-order valence-electron chi connectivity index (χ1n) is 7.36. The van der Waals surface area contributed by atoms with Crippen LogP contribution in [0.1, 0.15) is 33.6 Å². The van der Waals surface area contributed by atoms with Crippen molar-refractivity contribution in [2.24, 2.45) is 0 Å². The number of thiazole rings is 1. The molecule has 0 spiro atoms. The van der Waals surface area contributed by atoms with E-state index in [0.717, 1.165) is 45.0 Å². The molecule has 4 rings (SSSR count). The van der Waals surface area contributed by atoms with E-state index in [0.29, 0.717) is 13.1 Å². The van der Waals surface area contributed by atoms with Crippen molar-refractivity contribution in [2.75, 3.05) is 6.54 Å². The summed E-state index contributed by atoms with van der Waals surface area (Å²) >= 11 is 1.66. The zero-order valence-electron chi connectivity index (χ0n) is 12.2. The first kappa shape index (κ1) is 13.5. The van der Waals surface area contributed by atoms with Gasteiger partial charge in [0.25, 0.3) is 5.91 Å². The van der Waals surface area contributed by atoms with Gasteiger partial charge in [-0.05, 0) is 24.6 Å². The summed E-state index contributed by atoms with van der Waals surface area (Å²) in [7, 11) is 0. The van der Waals surface area contributed by atoms with E-state index in [9.17, 15) is 4.79 Å². The maximum atomic E-state index is 12.7. The molecule has 0 saturated carbocycles. The predicted octanol–water partition coefficient (Wildman–Crippen LogP) is 3.05. The molecule has 22 heavy (non-hydrogen) atoms. The fourth-order valence-corrected chi connectivity index (χ4v) is 3.70. The highest BCUT2D eigenvalue weighted by Crippen LogP contribution is 2.25. The van der Waals surface area contributed by atoms with Crippen LogP contribution in [0.4, 0.5) is 0 Å². The Morgan fingerprint density at radius 2 is 2.36 bits per heavy atom. The second-order valence-corrected chi connectivity index (χ2v) is 6.51. The molecular formula is C16H15N3O2S. The van der Waals surface area contributed by atoms with E-state index in [-0.39, 0.29) is 5.91 Å². The predicted molar refractivity (Wildman–Crippen MR) is 83.9 cm³/mol. The Balaban J connectivity index is 1.62. The van der Waals surface area contributed by atoms with Crippen LogP contribution >= 0.6 is 11.3 Å². The Bertz CT molecular complexity index is 852. The van der Waals surface area contributed by atoms with Crippen LogP contribution in [0.2, 0.25) is 0 Å². The van der Waals surface area contributed by atoms with Gasteiger partial charge < -0.3 is 9.42 Å². The van der Waals surface area contributed by atoms with E-state index in [4.69, 9.17) is 4.52 Å². The fourth-order valence-electron chi connectivity index (χ4n) is 2.75. The number of nitrogens with zero attached hydrogens (tertiary/aromatic N) is 3. The molecule has 1 aromatic carbocycles. The number of aromatic nitrogens is 2. The van der Waals surface area contributed by atoms with E-state index in [1.165, 1.54) is 0 Å². The number of amides is 1. The van der Waals surface area contributed by atoms with Crippen LogP contribution in [0.5, 0.6) is 0 Å². The Labute approximate surface area is 131 Å². The van der Waals surface area contributed by atoms with Gasteiger partial charge in [-0.15, -0.1) is 11.3 Å². The molecule has 2 aromatic heterocycles. The zero-order valence-corrected chi connectivity index (χ0v) is 13.0. The molecule has 5 nitrogen and oxygen atoms in total. The lowest BCUT2D eigenvalue weighted by atomic mass is 10.1. The smallest absolute Gasteiger partial charge is 0.254 e. The van der Waals surface area contributed by atoms with Gasteiger partial charge in [0.1, 0.15) is 5.76 Å². The van der Waals surface area contributed by atoms with Crippen molar-refractivity contribution in [3.8, 4) is 0 Å². The minimum atomic E-state index is 0.0557. The Hall–Kier alpha value is -2.21. The molecule has 112 valence electrons. The third-order valence-corrected chi connectivity index (χ3v) is 5.13. The minimum Gasteiger partial charge on any atom is -0.361 e. The van der Waals surface area contributed by atoms with E-state index in [1.807, 2.05) is 23.1 Å². The maximum absolute atomic E-state index is 12.7. The van der Waals surface area contributed by atoms with Crippen LogP contribution in [0.3, 0.4) is 0 Å². The van der Waals surface area contributed by atoms with Gasteiger partial charge in [-0.3, -0.25) is 4.79 Å². The lowest BCUT2D eigenvalue weighted by molar-refractivity contribution is 0.0729. The Kier molecular flexibility index (Phi) is 3.18. The normalized spacial score (nSPS) is 14.3.